The van der Waals surface area contributed by atoms with Crippen LogP contribution in [0.1, 0.15) is 22.3 Å². The van der Waals surface area contributed by atoms with Gasteiger partial charge in [-0.3, -0.25) is 0 Å². The van der Waals surface area contributed by atoms with Crippen LogP contribution < -0.4 is 4.90 Å². The minimum atomic E-state index is -0.482. The highest BCUT2D eigenvalue weighted by Crippen LogP contribution is 2.58. The largest absolute Gasteiger partial charge is 0.310 e. The monoisotopic (exact) mass is 737 g/mol. The fourth-order valence-electron chi connectivity index (χ4n) is 9.50. The molecule has 272 valence electrons. The van der Waals surface area contributed by atoms with Crippen LogP contribution in [-0.4, -0.2) is 0 Å². The maximum absolute atomic E-state index is 2.46. The molecule has 1 aliphatic carbocycles. The molecular formula is C57H39N. The van der Waals surface area contributed by atoms with Gasteiger partial charge in [0.15, 0.2) is 0 Å². The lowest BCUT2D eigenvalue weighted by Gasteiger charge is -2.34. The molecule has 0 heterocycles. The zero-order chi connectivity index (χ0) is 38.5. The third-order valence-electron chi connectivity index (χ3n) is 12.1. The van der Waals surface area contributed by atoms with E-state index in [1.54, 1.807) is 0 Å². The third-order valence-corrected chi connectivity index (χ3v) is 12.1. The molecule has 10 aromatic carbocycles. The standard InChI is InChI=1S/C57H39N/c1-4-15-40(16-5-1)41-27-33-48(34-28-41)58(55-26-14-19-43-17-10-12-24-50(43)55)49-35-29-42(30-36-49)45-31-37-52-54(39-45)57(46-20-6-2-7-21-46,47-22-8-3-9-23-47)53-38-32-44-18-11-13-25-51(44)56(52)53/h1-39H. The molecule has 0 spiro atoms. The Bertz CT molecular complexity index is 3030. The van der Waals surface area contributed by atoms with Crippen LogP contribution in [0.2, 0.25) is 0 Å². The van der Waals surface area contributed by atoms with Crippen molar-refractivity contribution >= 4 is 38.6 Å². The summed E-state index contributed by atoms with van der Waals surface area (Å²) in [5.74, 6) is 0. The van der Waals surface area contributed by atoms with Gasteiger partial charge in [-0.15, -0.1) is 0 Å². The number of fused-ring (bicyclic) bond motifs is 6. The van der Waals surface area contributed by atoms with E-state index in [4.69, 9.17) is 0 Å². The molecule has 58 heavy (non-hydrogen) atoms. The average molecular weight is 738 g/mol. The van der Waals surface area contributed by atoms with Crippen molar-refractivity contribution < 1.29 is 0 Å². The quantitative estimate of drug-likeness (QED) is 0.157. The van der Waals surface area contributed by atoms with E-state index in [1.807, 2.05) is 0 Å². The molecule has 0 radical (unpaired) electrons. The zero-order valence-corrected chi connectivity index (χ0v) is 32.0. The van der Waals surface area contributed by atoms with E-state index in [2.05, 4.69) is 241 Å². The molecule has 0 saturated heterocycles. The van der Waals surface area contributed by atoms with E-state index >= 15 is 0 Å². The van der Waals surface area contributed by atoms with Crippen molar-refractivity contribution in [1.82, 2.24) is 0 Å². The van der Waals surface area contributed by atoms with Gasteiger partial charge in [-0.2, -0.15) is 0 Å². The molecule has 1 heteroatoms. The van der Waals surface area contributed by atoms with Gasteiger partial charge in [0.1, 0.15) is 0 Å². The number of hydrogen-bond acceptors (Lipinski definition) is 1. The molecule has 0 aromatic heterocycles. The molecule has 1 nitrogen and oxygen atoms in total. The molecule has 0 bridgehead atoms. The van der Waals surface area contributed by atoms with Crippen molar-refractivity contribution in [3.63, 3.8) is 0 Å². The van der Waals surface area contributed by atoms with Crippen molar-refractivity contribution in [2.75, 3.05) is 4.90 Å². The Kier molecular flexibility index (Phi) is 8.12. The van der Waals surface area contributed by atoms with Gasteiger partial charge in [-0.1, -0.05) is 200 Å². The lowest BCUT2D eigenvalue weighted by molar-refractivity contribution is 0.769. The summed E-state index contributed by atoms with van der Waals surface area (Å²) in [5, 5.41) is 4.98. The molecule has 0 saturated carbocycles. The SMILES string of the molecule is c1ccc(-c2ccc(N(c3ccc(-c4ccc5c(c4)C(c4ccccc4)(c4ccccc4)c4ccc6ccccc6c4-5)cc3)c3cccc4ccccc34)cc2)cc1. The number of anilines is 3. The van der Waals surface area contributed by atoms with Crippen molar-refractivity contribution in [2.24, 2.45) is 0 Å². The van der Waals surface area contributed by atoms with Crippen LogP contribution >= 0.6 is 0 Å². The summed E-state index contributed by atoms with van der Waals surface area (Å²) in [4.78, 5) is 2.39. The summed E-state index contributed by atoms with van der Waals surface area (Å²) in [5.41, 5.74) is 15.5. The molecule has 1 aliphatic rings. The maximum Gasteiger partial charge on any atom is 0.0714 e. The molecule has 0 fully saturated rings. The fraction of sp³-hybridized carbons (Fsp3) is 0.0175. The molecule has 11 rings (SSSR count). The van der Waals surface area contributed by atoms with Crippen LogP contribution in [0.25, 0.3) is 54.9 Å². The van der Waals surface area contributed by atoms with Gasteiger partial charge in [0, 0.05) is 16.8 Å². The predicted octanol–water partition coefficient (Wildman–Crippen LogP) is 15.2. The Morgan fingerprint density at radius 3 is 1.43 bits per heavy atom. The minimum absolute atomic E-state index is 0.482. The molecule has 0 amide bonds. The highest BCUT2D eigenvalue weighted by molar-refractivity contribution is 6.05. The molecule has 10 aromatic rings. The van der Waals surface area contributed by atoms with Crippen molar-refractivity contribution in [1.29, 1.82) is 0 Å². The molecule has 0 atom stereocenters. The van der Waals surface area contributed by atoms with Crippen LogP contribution in [-0.2, 0) is 5.41 Å². The van der Waals surface area contributed by atoms with E-state index < -0.39 is 5.41 Å². The van der Waals surface area contributed by atoms with E-state index in [-0.39, 0.29) is 0 Å². The predicted molar refractivity (Wildman–Crippen MR) is 244 cm³/mol. The Hall–Kier alpha value is -7.48. The number of benzene rings is 10. The van der Waals surface area contributed by atoms with Gasteiger partial charge in [0.2, 0.25) is 0 Å². The fourth-order valence-corrected chi connectivity index (χ4v) is 9.50. The smallest absolute Gasteiger partial charge is 0.0714 e. The van der Waals surface area contributed by atoms with Gasteiger partial charge < -0.3 is 4.90 Å². The Balaban J connectivity index is 1.07. The summed E-state index contributed by atoms with van der Waals surface area (Å²) >= 11 is 0. The normalized spacial score (nSPS) is 12.6. The summed E-state index contributed by atoms with van der Waals surface area (Å²) < 4.78 is 0. The zero-order valence-electron chi connectivity index (χ0n) is 32.0. The first kappa shape index (κ1) is 33.8. The Morgan fingerprint density at radius 1 is 0.310 bits per heavy atom. The van der Waals surface area contributed by atoms with E-state index in [0.717, 1.165) is 17.1 Å². The second-order valence-corrected chi connectivity index (χ2v) is 15.2. The summed E-state index contributed by atoms with van der Waals surface area (Å²) in [6, 6.07) is 86.7. The summed E-state index contributed by atoms with van der Waals surface area (Å²) in [6.45, 7) is 0. The van der Waals surface area contributed by atoms with Gasteiger partial charge in [-0.05, 0) is 108 Å². The second-order valence-electron chi connectivity index (χ2n) is 15.2. The first-order valence-electron chi connectivity index (χ1n) is 20.1. The molecule has 0 N–H and O–H groups in total. The van der Waals surface area contributed by atoms with Crippen LogP contribution in [0.15, 0.2) is 237 Å². The van der Waals surface area contributed by atoms with Crippen LogP contribution in [0, 0.1) is 0 Å². The van der Waals surface area contributed by atoms with Gasteiger partial charge in [-0.25, -0.2) is 0 Å². The van der Waals surface area contributed by atoms with E-state index in [1.165, 1.54) is 77.2 Å². The van der Waals surface area contributed by atoms with Crippen LogP contribution in [0.4, 0.5) is 17.1 Å². The minimum Gasteiger partial charge on any atom is -0.310 e. The average Bonchev–Trinajstić information content (AvgIpc) is 3.61. The van der Waals surface area contributed by atoms with Crippen molar-refractivity contribution in [2.45, 2.75) is 5.41 Å². The topological polar surface area (TPSA) is 3.24 Å². The Morgan fingerprint density at radius 2 is 0.793 bits per heavy atom. The van der Waals surface area contributed by atoms with Crippen LogP contribution in [0.3, 0.4) is 0 Å². The summed E-state index contributed by atoms with van der Waals surface area (Å²) in [6.07, 6.45) is 0. The number of rotatable bonds is 7. The molecule has 0 aliphatic heterocycles. The highest BCUT2D eigenvalue weighted by atomic mass is 15.1. The number of nitrogens with zero attached hydrogens (tertiary/aromatic N) is 1. The first-order chi connectivity index (χ1) is 28.8. The van der Waals surface area contributed by atoms with Crippen LogP contribution in [0.5, 0.6) is 0 Å². The van der Waals surface area contributed by atoms with Gasteiger partial charge >= 0.3 is 0 Å². The van der Waals surface area contributed by atoms with E-state index in [9.17, 15) is 0 Å². The van der Waals surface area contributed by atoms with Crippen molar-refractivity contribution in [3.05, 3.63) is 259 Å². The second kappa shape index (κ2) is 13.9. The lowest BCUT2D eigenvalue weighted by atomic mass is 9.67. The Labute approximate surface area is 339 Å². The van der Waals surface area contributed by atoms with E-state index in [0.29, 0.717) is 0 Å². The first-order valence-corrected chi connectivity index (χ1v) is 20.1. The third kappa shape index (κ3) is 5.39. The summed E-state index contributed by atoms with van der Waals surface area (Å²) in [7, 11) is 0. The number of hydrogen-bond donors (Lipinski definition) is 0. The molecule has 0 unspecified atom stereocenters. The van der Waals surface area contributed by atoms with Gasteiger partial charge in [0.05, 0.1) is 11.1 Å². The van der Waals surface area contributed by atoms with Gasteiger partial charge in [0.25, 0.3) is 0 Å². The lowest BCUT2D eigenvalue weighted by Crippen LogP contribution is -2.28. The molecular weight excluding hydrogens is 699 g/mol. The van der Waals surface area contributed by atoms with Crippen molar-refractivity contribution in [3.8, 4) is 33.4 Å². The highest BCUT2D eigenvalue weighted by Gasteiger charge is 2.46. The maximum atomic E-state index is 2.46.